The Morgan fingerprint density at radius 3 is 2.39 bits per heavy atom. The molecule has 8 heteroatoms. The van der Waals surface area contributed by atoms with E-state index in [1.54, 1.807) is 24.3 Å². The van der Waals surface area contributed by atoms with E-state index < -0.39 is 10.0 Å². The van der Waals surface area contributed by atoms with Crippen LogP contribution in [-0.2, 0) is 16.4 Å². The van der Waals surface area contributed by atoms with Crippen LogP contribution < -0.4 is 14.8 Å². The summed E-state index contributed by atoms with van der Waals surface area (Å²) < 4.78 is 33.2. The quantitative estimate of drug-likeness (QED) is 0.462. The molecule has 0 bridgehead atoms. The molecule has 0 spiro atoms. The summed E-state index contributed by atoms with van der Waals surface area (Å²) in [6.07, 6.45) is 1.61. The van der Waals surface area contributed by atoms with Gasteiger partial charge in [-0.15, -0.1) is 0 Å². The zero-order valence-electron chi connectivity index (χ0n) is 17.0. The van der Waals surface area contributed by atoms with Crippen molar-refractivity contribution in [1.29, 1.82) is 0 Å². The normalized spacial score (nSPS) is 11.0. The number of carbonyl (C=O) groups excluding carboxylic acids is 1. The van der Waals surface area contributed by atoms with Gasteiger partial charge in [0.2, 0.25) is 0 Å². The third-order valence-corrected chi connectivity index (χ3v) is 6.46. The fourth-order valence-electron chi connectivity index (χ4n) is 2.96. The van der Waals surface area contributed by atoms with Crippen molar-refractivity contribution in [2.75, 3.05) is 18.4 Å². The first-order valence-electron chi connectivity index (χ1n) is 9.67. The molecule has 0 aliphatic rings. The number of halogens is 1. The van der Waals surface area contributed by atoms with Gasteiger partial charge in [-0.25, -0.2) is 8.42 Å². The standard InChI is InChI=1S/C23H23ClN2O4S/c1-30-20-12-10-19(11-13-20)26-31(28,29)22-16-18(9-14-21(22)24)23(27)25-15-5-8-17-6-3-2-4-7-17/h2-4,6-7,9-14,16,26H,5,8,15H2,1H3,(H,25,27). The highest BCUT2D eigenvalue weighted by atomic mass is 35.5. The molecule has 0 aliphatic carbocycles. The molecule has 3 rings (SSSR count). The minimum Gasteiger partial charge on any atom is -0.497 e. The van der Waals surface area contributed by atoms with Crippen molar-refractivity contribution in [2.45, 2.75) is 17.7 Å². The van der Waals surface area contributed by atoms with Crippen LogP contribution in [0.15, 0.2) is 77.7 Å². The molecule has 31 heavy (non-hydrogen) atoms. The summed E-state index contributed by atoms with van der Waals surface area (Å²) in [6, 6.07) is 20.6. The van der Waals surface area contributed by atoms with Crippen LogP contribution in [0.3, 0.4) is 0 Å². The van der Waals surface area contributed by atoms with Gasteiger partial charge in [-0.2, -0.15) is 0 Å². The number of methoxy groups -OCH3 is 1. The molecule has 0 heterocycles. The van der Waals surface area contributed by atoms with Crippen LogP contribution in [0.2, 0.25) is 5.02 Å². The summed E-state index contributed by atoms with van der Waals surface area (Å²) in [5, 5.41) is 2.85. The van der Waals surface area contributed by atoms with Gasteiger partial charge < -0.3 is 10.1 Å². The monoisotopic (exact) mass is 458 g/mol. The predicted molar refractivity (Wildman–Crippen MR) is 122 cm³/mol. The van der Waals surface area contributed by atoms with Gasteiger partial charge in [0, 0.05) is 17.8 Å². The van der Waals surface area contributed by atoms with E-state index in [9.17, 15) is 13.2 Å². The number of benzene rings is 3. The third kappa shape index (κ3) is 6.23. The van der Waals surface area contributed by atoms with E-state index in [0.29, 0.717) is 18.0 Å². The van der Waals surface area contributed by atoms with Gasteiger partial charge >= 0.3 is 0 Å². The van der Waals surface area contributed by atoms with Crippen LogP contribution in [0.25, 0.3) is 0 Å². The number of carbonyl (C=O) groups is 1. The minimum absolute atomic E-state index is 0.0293. The molecule has 0 aliphatic heterocycles. The topological polar surface area (TPSA) is 84.5 Å². The number of amides is 1. The van der Waals surface area contributed by atoms with Crippen LogP contribution >= 0.6 is 11.6 Å². The second-order valence-electron chi connectivity index (χ2n) is 6.82. The Labute approximate surface area is 187 Å². The number of aryl methyl sites for hydroxylation is 1. The van der Waals surface area contributed by atoms with E-state index in [2.05, 4.69) is 10.0 Å². The average molecular weight is 459 g/mol. The SMILES string of the molecule is COc1ccc(NS(=O)(=O)c2cc(C(=O)NCCCc3ccccc3)ccc2Cl)cc1. The Hall–Kier alpha value is -3.03. The fourth-order valence-corrected chi connectivity index (χ4v) is 4.55. The number of sulfonamides is 1. The van der Waals surface area contributed by atoms with Crippen molar-refractivity contribution in [2.24, 2.45) is 0 Å². The summed E-state index contributed by atoms with van der Waals surface area (Å²) in [7, 11) is -2.46. The average Bonchev–Trinajstić information content (AvgIpc) is 2.77. The minimum atomic E-state index is -3.98. The highest BCUT2D eigenvalue weighted by Gasteiger charge is 2.20. The molecule has 0 fully saturated rings. The second-order valence-corrected chi connectivity index (χ2v) is 8.88. The largest absolute Gasteiger partial charge is 0.497 e. The first-order chi connectivity index (χ1) is 14.9. The van der Waals surface area contributed by atoms with Gasteiger partial charge in [0.15, 0.2) is 0 Å². The summed E-state index contributed by atoms with van der Waals surface area (Å²) in [4.78, 5) is 12.3. The van der Waals surface area contributed by atoms with E-state index in [1.165, 1.54) is 30.9 Å². The number of hydrogen-bond donors (Lipinski definition) is 2. The highest BCUT2D eigenvalue weighted by molar-refractivity contribution is 7.92. The van der Waals surface area contributed by atoms with Crippen LogP contribution in [0, 0.1) is 0 Å². The lowest BCUT2D eigenvalue weighted by Crippen LogP contribution is -2.25. The Balaban J connectivity index is 1.65. The van der Waals surface area contributed by atoms with Gasteiger partial charge in [0.25, 0.3) is 15.9 Å². The van der Waals surface area contributed by atoms with E-state index in [1.807, 2.05) is 30.3 Å². The molecule has 162 valence electrons. The fraction of sp³-hybridized carbons (Fsp3) is 0.174. The first kappa shape index (κ1) is 22.7. The molecule has 6 nitrogen and oxygen atoms in total. The van der Waals surface area contributed by atoms with Crippen LogP contribution in [0.1, 0.15) is 22.3 Å². The van der Waals surface area contributed by atoms with Crippen LogP contribution in [-0.4, -0.2) is 28.0 Å². The van der Waals surface area contributed by atoms with Crippen molar-refractivity contribution >= 4 is 33.2 Å². The Morgan fingerprint density at radius 1 is 1.00 bits per heavy atom. The zero-order chi connectivity index (χ0) is 22.3. The molecule has 0 saturated carbocycles. The molecule has 0 radical (unpaired) electrons. The van der Waals surface area contributed by atoms with Crippen molar-refractivity contribution in [1.82, 2.24) is 5.32 Å². The first-order valence-corrected chi connectivity index (χ1v) is 11.5. The molecule has 3 aromatic carbocycles. The number of anilines is 1. The third-order valence-electron chi connectivity index (χ3n) is 4.60. The van der Waals surface area contributed by atoms with Crippen molar-refractivity contribution in [3.8, 4) is 5.75 Å². The lowest BCUT2D eigenvalue weighted by atomic mass is 10.1. The molecule has 2 N–H and O–H groups in total. The van der Waals surface area contributed by atoms with Crippen LogP contribution in [0.5, 0.6) is 5.75 Å². The maximum absolute atomic E-state index is 12.8. The maximum Gasteiger partial charge on any atom is 0.263 e. The second kappa shape index (κ2) is 10.3. The Kier molecular flexibility index (Phi) is 7.55. The van der Waals surface area contributed by atoms with Crippen LogP contribution in [0.4, 0.5) is 5.69 Å². The molecule has 0 atom stereocenters. The van der Waals surface area contributed by atoms with Crippen molar-refractivity contribution in [3.05, 3.63) is 88.9 Å². The summed E-state index contributed by atoms with van der Waals surface area (Å²) in [5.74, 6) is 0.248. The van der Waals surface area contributed by atoms with Gasteiger partial charge in [-0.3, -0.25) is 9.52 Å². The molecule has 0 aromatic heterocycles. The Bertz CT molecular complexity index is 1130. The van der Waals surface area contributed by atoms with Gasteiger partial charge in [0.1, 0.15) is 10.6 Å². The Morgan fingerprint density at radius 2 is 1.71 bits per heavy atom. The molecule has 0 saturated heterocycles. The summed E-state index contributed by atoms with van der Waals surface area (Å²) in [6.45, 7) is 0.475. The molecule has 3 aromatic rings. The number of rotatable bonds is 9. The van der Waals surface area contributed by atoms with Crippen molar-refractivity contribution < 1.29 is 17.9 Å². The molecule has 0 unspecified atom stereocenters. The number of hydrogen-bond acceptors (Lipinski definition) is 4. The summed E-state index contributed by atoms with van der Waals surface area (Å²) >= 11 is 6.12. The van der Waals surface area contributed by atoms with E-state index in [4.69, 9.17) is 16.3 Å². The lowest BCUT2D eigenvalue weighted by Gasteiger charge is -2.12. The number of nitrogens with one attached hydrogen (secondary N) is 2. The summed E-state index contributed by atoms with van der Waals surface area (Å²) in [5.41, 5.74) is 1.77. The van der Waals surface area contributed by atoms with Gasteiger partial charge in [-0.1, -0.05) is 41.9 Å². The van der Waals surface area contributed by atoms with E-state index in [0.717, 1.165) is 12.8 Å². The van der Waals surface area contributed by atoms with E-state index >= 15 is 0 Å². The highest BCUT2D eigenvalue weighted by Crippen LogP contribution is 2.26. The van der Waals surface area contributed by atoms with Gasteiger partial charge in [0.05, 0.1) is 12.1 Å². The lowest BCUT2D eigenvalue weighted by molar-refractivity contribution is 0.0953. The number of ether oxygens (including phenoxy) is 1. The molecular formula is C23H23ClN2O4S. The van der Waals surface area contributed by atoms with Gasteiger partial charge in [-0.05, 0) is 60.9 Å². The predicted octanol–water partition coefficient (Wildman–Crippen LogP) is 4.51. The molecular weight excluding hydrogens is 436 g/mol. The molecule has 1 amide bonds. The van der Waals surface area contributed by atoms with E-state index in [-0.39, 0.29) is 21.4 Å². The zero-order valence-corrected chi connectivity index (χ0v) is 18.5. The smallest absolute Gasteiger partial charge is 0.263 e. The van der Waals surface area contributed by atoms with Crippen molar-refractivity contribution in [3.63, 3.8) is 0 Å². The maximum atomic E-state index is 12.8.